The minimum Gasteiger partial charge on any atom is -0.383 e. The number of Topliss-reactive ketones (excluding diaryl/α,β-unsaturated/α-hetero) is 1. The summed E-state index contributed by atoms with van der Waals surface area (Å²) in [6.45, 7) is 4.74. The monoisotopic (exact) mass is 257 g/mol. The number of carbonyl (C=O) groups excluding carboxylic acids is 1. The van der Waals surface area contributed by atoms with Gasteiger partial charge in [-0.3, -0.25) is 9.69 Å². The van der Waals surface area contributed by atoms with E-state index in [1.54, 1.807) is 14.2 Å². The topological polar surface area (TPSA) is 38.8 Å². The van der Waals surface area contributed by atoms with Gasteiger partial charge in [-0.05, 0) is 19.8 Å². The number of ether oxygens (including phenoxy) is 2. The van der Waals surface area contributed by atoms with E-state index in [1.165, 1.54) is 12.8 Å². The lowest BCUT2D eigenvalue weighted by atomic mass is 10.0. The molecule has 0 aromatic heterocycles. The summed E-state index contributed by atoms with van der Waals surface area (Å²) >= 11 is 0. The van der Waals surface area contributed by atoms with Gasteiger partial charge in [-0.1, -0.05) is 12.8 Å². The van der Waals surface area contributed by atoms with E-state index in [-0.39, 0.29) is 6.04 Å². The van der Waals surface area contributed by atoms with Crippen LogP contribution < -0.4 is 0 Å². The van der Waals surface area contributed by atoms with E-state index in [9.17, 15) is 4.79 Å². The molecule has 4 nitrogen and oxygen atoms in total. The van der Waals surface area contributed by atoms with Gasteiger partial charge in [0.25, 0.3) is 0 Å². The molecule has 0 saturated heterocycles. The van der Waals surface area contributed by atoms with Crippen LogP contribution in [0, 0.1) is 5.92 Å². The highest BCUT2D eigenvalue weighted by Gasteiger charge is 2.25. The molecule has 1 aliphatic carbocycles. The number of hydrogen-bond acceptors (Lipinski definition) is 4. The maximum atomic E-state index is 12.2. The van der Waals surface area contributed by atoms with Crippen molar-refractivity contribution in [3.63, 3.8) is 0 Å². The summed E-state index contributed by atoms with van der Waals surface area (Å²) in [6, 6.07) is 0.260. The van der Waals surface area contributed by atoms with Gasteiger partial charge in [0.2, 0.25) is 0 Å². The van der Waals surface area contributed by atoms with Crippen LogP contribution in [-0.4, -0.2) is 57.2 Å². The second-order valence-electron chi connectivity index (χ2n) is 5.22. The van der Waals surface area contributed by atoms with Crippen molar-refractivity contribution in [2.75, 3.05) is 40.5 Å². The van der Waals surface area contributed by atoms with Crippen LogP contribution in [0.2, 0.25) is 0 Å². The fourth-order valence-electron chi connectivity index (χ4n) is 2.59. The lowest BCUT2D eigenvalue weighted by Gasteiger charge is -2.28. The van der Waals surface area contributed by atoms with Crippen molar-refractivity contribution in [3.05, 3.63) is 0 Å². The third kappa shape index (κ3) is 5.04. The Balaban J connectivity index is 2.45. The van der Waals surface area contributed by atoms with E-state index < -0.39 is 0 Å². The van der Waals surface area contributed by atoms with E-state index in [1.807, 2.05) is 0 Å². The fraction of sp³-hybridized carbons (Fsp3) is 0.929. The first-order valence-electron chi connectivity index (χ1n) is 6.93. The van der Waals surface area contributed by atoms with E-state index in [2.05, 4.69) is 11.8 Å². The van der Waals surface area contributed by atoms with Gasteiger partial charge in [-0.25, -0.2) is 0 Å². The summed E-state index contributed by atoms with van der Waals surface area (Å²) < 4.78 is 10.3. The Morgan fingerprint density at radius 2 is 1.94 bits per heavy atom. The van der Waals surface area contributed by atoms with Crippen LogP contribution in [0.4, 0.5) is 0 Å². The predicted octanol–water partition coefficient (Wildman–Crippen LogP) is 1.73. The number of ketones is 1. The third-order valence-electron chi connectivity index (χ3n) is 3.78. The second-order valence-corrected chi connectivity index (χ2v) is 5.22. The maximum absolute atomic E-state index is 12.2. The Bertz CT molecular complexity index is 239. The minimum absolute atomic E-state index is 0.260. The molecule has 0 amide bonds. The molecule has 0 N–H and O–H groups in total. The number of methoxy groups -OCH3 is 2. The molecule has 0 heterocycles. The summed E-state index contributed by atoms with van der Waals surface area (Å²) in [6.07, 6.45) is 4.58. The van der Waals surface area contributed by atoms with Crippen LogP contribution in [0.3, 0.4) is 0 Å². The molecule has 1 fully saturated rings. The van der Waals surface area contributed by atoms with Crippen molar-refractivity contribution in [3.8, 4) is 0 Å². The van der Waals surface area contributed by atoms with E-state index in [0.29, 0.717) is 31.5 Å². The van der Waals surface area contributed by atoms with Crippen LogP contribution in [0.15, 0.2) is 0 Å². The van der Waals surface area contributed by atoms with Crippen molar-refractivity contribution in [2.24, 2.45) is 5.92 Å². The molecule has 1 aliphatic rings. The first-order valence-corrected chi connectivity index (χ1v) is 6.93. The van der Waals surface area contributed by atoms with Crippen LogP contribution in [0.5, 0.6) is 0 Å². The molecular formula is C14H27NO3. The molecular weight excluding hydrogens is 230 g/mol. The lowest BCUT2D eigenvalue weighted by Crippen LogP contribution is -2.43. The van der Waals surface area contributed by atoms with Crippen molar-refractivity contribution in [1.82, 2.24) is 4.90 Å². The smallest absolute Gasteiger partial charge is 0.149 e. The average molecular weight is 257 g/mol. The van der Waals surface area contributed by atoms with Gasteiger partial charge in [0.05, 0.1) is 19.8 Å². The zero-order valence-electron chi connectivity index (χ0n) is 12.0. The van der Waals surface area contributed by atoms with Gasteiger partial charge in [0.1, 0.15) is 5.78 Å². The summed E-state index contributed by atoms with van der Waals surface area (Å²) in [5.41, 5.74) is 0. The SMILES string of the molecule is COCCN(CC(=O)C1CCCC1)C(C)COC. The molecule has 1 rings (SSSR count). The molecule has 106 valence electrons. The highest BCUT2D eigenvalue weighted by molar-refractivity contribution is 5.83. The molecule has 0 radical (unpaired) electrons. The van der Waals surface area contributed by atoms with Gasteiger partial charge in [-0.2, -0.15) is 0 Å². The number of carbonyl (C=O) groups is 1. The first kappa shape index (κ1) is 15.6. The van der Waals surface area contributed by atoms with Crippen molar-refractivity contribution >= 4 is 5.78 Å². The number of hydrogen-bond donors (Lipinski definition) is 0. The molecule has 4 heteroatoms. The molecule has 1 saturated carbocycles. The Morgan fingerprint density at radius 1 is 1.28 bits per heavy atom. The van der Waals surface area contributed by atoms with Crippen molar-refractivity contribution in [1.29, 1.82) is 0 Å². The molecule has 0 aromatic rings. The van der Waals surface area contributed by atoms with Gasteiger partial charge in [-0.15, -0.1) is 0 Å². The van der Waals surface area contributed by atoms with Crippen molar-refractivity contribution in [2.45, 2.75) is 38.6 Å². The van der Waals surface area contributed by atoms with Gasteiger partial charge in [0.15, 0.2) is 0 Å². The van der Waals surface area contributed by atoms with Crippen LogP contribution in [0.25, 0.3) is 0 Å². The first-order chi connectivity index (χ1) is 8.69. The standard InChI is InChI=1S/C14H27NO3/c1-12(11-18-3)15(8-9-17-2)10-14(16)13-6-4-5-7-13/h12-13H,4-11H2,1-3H3. The highest BCUT2D eigenvalue weighted by atomic mass is 16.5. The van der Waals surface area contributed by atoms with E-state index in [0.717, 1.165) is 19.4 Å². The Morgan fingerprint density at radius 3 is 2.50 bits per heavy atom. The van der Waals surface area contributed by atoms with E-state index in [4.69, 9.17) is 9.47 Å². The predicted molar refractivity (Wildman–Crippen MR) is 71.8 cm³/mol. The summed E-state index contributed by atoms with van der Waals surface area (Å²) in [5, 5.41) is 0. The summed E-state index contributed by atoms with van der Waals surface area (Å²) in [4.78, 5) is 14.4. The van der Waals surface area contributed by atoms with Gasteiger partial charge in [0, 0.05) is 32.7 Å². The maximum Gasteiger partial charge on any atom is 0.149 e. The largest absolute Gasteiger partial charge is 0.383 e. The third-order valence-corrected chi connectivity index (χ3v) is 3.78. The normalized spacial score (nSPS) is 18.4. The molecule has 0 bridgehead atoms. The zero-order valence-corrected chi connectivity index (χ0v) is 12.0. The Labute approximate surface area is 111 Å². The minimum atomic E-state index is 0.260. The average Bonchev–Trinajstić information content (AvgIpc) is 2.88. The molecule has 0 spiro atoms. The molecule has 18 heavy (non-hydrogen) atoms. The summed E-state index contributed by atoms with van der Waals surface area (Å²) in [5.74, 6) is 0.691. The molecule has 1 unspecified atom stereocenters. The Kier molecular flexibility index (Phi) is 7.47. The molecule has 0 aromatic carbocycles. The zero-order chi connectivity index (χ0) is 13.4. The van der Waals surface area contributed by atoms with Gasteiger partial charge < -0.3 is 9.47 Å². The lowest BCUT2D eigenvalue weighted by molar-refractivity contribution is -0.124. The van der Waals surface area contributed by atoms with Crippen LogP contribution in [0.1, 0.15) is 32.6 Å². The quantitative estimate of drug-likeness (QED) is 0.630. The van der Waals surface area contributed by atoms with Crippen LogP contribution in [-0.2, 0) is 14.3 Å². The fourth-order valence-corrected chi connectivity index (χ4v) is 2.59. The number of rotatable bonds is 9. The Hall–Kier alpha value is -0.450. The van der Waals surface area contributed by atoms with E-state index >= 15 is 0 Å². The summed E-state index contributed by atoms with van der Waals surface area (Å²) in [7, 11) is 3.39. The van der Waals surface area contributed by atoms with Gasteiger partial charge >= 0.3 is 0 Å². The van der Waals surface area contributed by atoms with Crippen molar-refractivity contribution < 1.29 is 14.3 Å². The highest BCUT2D eigenvalue weighted by Crippen LogP contribution is 2.25. The molecule has 0 aliphatic heterocycles. The second kappa shape index (κ2) is 8.62. The number of nitrogens with zero attached hydrogens (tertiary/aromatic N) is 1. The molecule has 1 atom stereocenters. The van der Waals surface area contributed by atoms with Crippen LogP contribution >= 0.6 is 0 Å².